The highest BCUT2D eigenvalue weighted by Crippen LogP contribution is 2.38. The van der Waals surface area contributed by atoms with Gasteiger partial charge in [0.1, 0.15) is 22.9 Å². The first kappa shape index (κ1) is 22.8. The number of benzene rings is 2. The van der Waals surface area contributed by atoms with Crippen molar-refractivity contribution in [2.24, 2.45) is 0 Å². The van der Waals surface area contributed by atoms with Crippen molar-refractivity contribution in [2.45, 2.75) is 30.4 Å². The fourth-order valence-corrected chi connectivity index (χ4v) is 5.78. The van der Waals surface area contributed by atoms with Crippen molar-refractivity contribution in [1.82, 2.24) is 14.9 Å². The highest BCUT2D eigenvalue weighted by atomic mass is 79.9. The number of nitrogens with zero attached hydrogens (tertiary/aromatic N) is 3. The first-order valence-electron chi connectivity index (χ1n) is 10.8. The SMILES string of the molecule is CSc1ccc(-c2csc3c(OC4CCN(Cc5ccc(Br)cc5)CC4)ncnc23)c(F)c1. The number of likely N-dealkylation sites (tertiary alicyclic amines) is 1. The second kappa shape index (κ2) is 10.1. The zero-order valence-corrected chi connectivity index (χ0v) is 21.4. The van der Waals surface area contributed by atoms with Gasteiger partial charge in [-0.25, -0.2) is 14.4 Å². The summed E-state index contributed by atoms with van der Waals surface area (Å²) in [5, 5.41) is 1.95. The Hall–Kier alpha value is -2.00. The summed E-state index contributed by atoms with van der Waals surface area (Å²) >= 11 is 6.53. The first-order valence-corrected chi connectivity index (χ1v) is 13.7. The van der Waals surface area contributed by atoms with E-state index in [1.165, 1.54) is 35.0 Å². The number of ether oxygens (including phenoxy) is 1. The Labute approximate surface area is 209 Å². The molecule has 5 rings (SSSR count). The topological polar surface area (TPSA) is 38.2 Å². The molecule has 0 N–H and O–H groups in total. The third kappa shape index (κ3) is 5.09. The molecule has 4 aromatic rings. The van der Waals surface area contributed by atoms with Gasteiger partial charge < -0.3 is 4.74 Å². The lowest BCUT2D eigenvalue weighted by Gasteiger charge is -2.31. The van der Waals surface area contributed by atoms with E-state index in [4.69, 9.17) is 4.74 Å². The quantitative estimate of drug-likeness (QED) is 0.244. The zero-order valence-electron chi connectivity index (χ0n) is 18.1. The lowest BCUT2D eigenvalue weighted by Crippen LogP contribution is -2.37. The minimum atomic E-state index is -0.235. The molecule has 0 amide bonds. The molecule has 4 nitrogen and oxygen atoms in total. The molecular formula is C25H23BrFN3OS2. The van der Waals surface area contributed by atoms with Gasteiger partial charge >= 0.3 is 0 Å². The maximum Gasteiger partial charge on any atom is 0.235 e. The van der Waals surface area contributed by atoms with Gasteiger partial charge in [-0.15, -0.1) is 23.1 Å². The van der Waals surface area contributed by atoms with Gasteiger partial charge in [0.15, 0.2) is 0 Å². The van der Waals surface area contributed by atoms with Gasteiger partial charge in [0.05, 0.1) is 5.52 Å². The van der Waals surface area contributed by atoms with Crippen LogP contribution in [0.1, 0.15) is 18.4 Å². The van der Waals surface area contributed by atoms with Crippen molar-refractivity contribution in [3.8, 4) is 17.0 Å². The van der Waals surface area contributed by atoms with Gasteiger partial charge in [-0.05, 0) is 48.9 Å². The molecule has 2 aromatic heterocycles. The Kier molecular flexibility index (Phi) is 6.97. The van der Waals surface area contributed by atoms with Gasteiger partial charge in [-0.1, -0.05) is 34.1 Å². The van der Waals surface area contributed by atoms with E-state index in [0.717, 1.165) is 57.6 Å². The molecule has 0 bridgehead atoms. The molecule has 1 aliphatic rings. The maximum atomic E-state index is 14.7. The van der Waals surface area contributed by atoms with Gasteiger partial charge in [0.2, 0.25) is 5.88 Å². The molecule has 2 aromatic carbocycles. The molecule has 0 spiro atoms. The fourth-order valence-electron chi connectivity index (χ4n) is 4.14. The van der Waals surface area contributed by atoms with Gasteiger partial charge in [-0.3, -0.25) is 4.90 Å². The van der Waals surface area contributed by atoms with Gasteiger partial charge in [-0.2, -0.15) is 0 Å². The van der Waals surface area contributed by atoms with Crippen molar-refractivity contribution in [2.75, 3.05) is 19.3 Å². The van der Waals surface area contributed by atoms with Crippen LogP contribution < -0.4 is 4.74 Å². The second-order valence-electron chi connectivity index (χ2n) is 8.07. The number of rotatable bonds is 6. The summed E-state index contributed by atoms with van der Waals surface area (Å²) in [6.45, 7) is 2.92. The van der Waals surface area contributed by atoms with Crippen molar-refractivity contribution in [3.63, 3.8) is 0 Å². The van der Waals surface area contributed by atoms with Crippen LogP contribution in [-0.2, 0) is 6.54 Å². The third-order valence-corrected chi connectivity index (χ3v) is 8.13. The average molecular weight is 545 g/mol. The number of piperidine rings is 1. The van der Waals surface area contributed by atoms with E-state index in [2.05, 4.69) is 55.1 Å². The lowest BCUT2D eigenvalue weighted by molar-refractivity contribution is 0.0946. The van der Waals surface area contributed by atoms with Gasteiger partial charge in [0, 0.05) is 45.5 Å². The molecule has 170 valence electrons. The molecule has 0 atom stereocenters. The molecule has 0 unspecified atom stereocenters. The van der Waals surface area contributed by atoms with E-state index < -0.39 is 0 Å². The van der Waals surface area contributed by atoms with E-state index in [1.54, 1.807) is 6.07 Å². The van der Waals surface area contributed by atoms with Crippen molar-refractivity contribution >= 4 is 49.2 Å². The van der Waals surface area contributed by atoms with Crippen LogP contribution in [-0.4, -0.2) is 40.3 Å². The van der Waals surface area contributed by atoms with Crippen LogP contribution in [0.25, 0.3) is 21.3 Å². The molecule has 0 saturated carbocycles. The number of halogens is 2. The molecule has 1 fully saturated rings. The first-order chi connectivity index (χ1) is 16.1. The normalized spacial score (nSPS) is 15.2. The van der Waals surface area contributed by atoms with Crippen molar-refractivity contribution in [1.29, 1.82) is 0 Å². The van der Waals surface area contributed by atoms with Crippen LogP contribution in [0, 0.1) is 5.82 Å². The van der Waals surface area contributed by atoms with Crippen LogP contribution >= 0.6 is 39.0 Å². The van der Waals surface area contributed by atoms with Crippen molar-refractivity contribution in [3.05, 3.63) is 70.0 Å². The number of fused-ring (bicyclic) bond motifs is 1. The van der Waals surface area contributed by atoms with E-state index in [-0.39, 0.29) is 11.9 Å². The number of aromatic nitrogens is 2. The Morgan fingerprint density at radius 1 is 1.12 bits per heavy atom. The minimum absolute atomic E-state index is 0.118. The summed E-state index contributed by atoms with van der Waals surface area (Å²) in [5.41, 5.74) is 3.41. The summed E-state index contributed by atoms with van der Waals surface area (Å²) in [4.78, 5) is 12.2. The van der Waals surface area contributed by atoms with Crippen LogP contribution in [0.3, 0.4) is 0 Å². The summed E-state index contributed by atoms with van der Waals surface area (Å²) < 4.78 is 23.0. The zero-order chi connectivity index (χ0) is 22.8. The number of hydrogen-bond acceptors (Lipinski definition) is 6. The van der Waals surface area contributed by atoms with Crippen LogP contribution in [0.5, 0.6) is 5.88 Å². The van der Waals surface area contributed by atoms with E-state index in [9.17, 15) is 4.39 Å². The monoisotopic (exact) mass is 543 g/mol. The van der Waals surface area contributed by atoms with E-state index >= 15 is 0 Å². The maximum absolute atomic E-state index is 14.7. The molecule has 8 heteroatoms. The minimum Gasteiger partial charge on any atom is -0.473 e. The highest BCUT2D eigenvalue weighted by molar-refractivity contribution is 9.10. The van der Waals surface area contributed by atoms with Crippen LogP contribution in [0.2, 0.25) is 0 Å². The van der Waals surface area contributed by atoms with E-state index in [0.29, 0.717) is 11.4 Å². The number of hydrogen-bond donors (Lipinski definition) is 0. The lowest BCUT2D eigenvalue weighted by atomic mass is 10.1. The Morgan fingerprint density at radius 2 is 1.91 bits per heavy atom. The number of thioether (sulfide) groups is 1. The summed E-state index contributed by atoms with van der Waals surface area (Å²) in [6.07, 6.45) is 5.48. The molecule has 33 heavy (non-hydrogen) atoms. The van der Waals surface area contributed by atoms with Crippen molar-refractivity contribution < 1.29 is 9.13 Å². The van der Waals surface area contributed by atoms with E-state index in [1.807, 2.05) is 23.8 Å². The summed E-state index contributed by atoms with van der Waals surface area (Å²) in [6, 6.07) is 13.8. The molecule has 0 radical (unpaired) electrons. The predicted molar refractivity (Wildman–Crippen MR) is 138 cm³/mol. The predicted octanol–water partition coefficient (Wildman–Crippen LogP) is 7.03. The van der Waals surface area contributed by atoms with Crippen LogP contribution in [0.4, 0.5) is 4.39 Å². The highest BCUT2D eigenvalue weighted by Gasteiger charge is 2.23. The Bertz CT molecular complexity index is 1260. The van der Waals surface area contributed by atoms with Crippen LogP contribution in [0.15, 0.2) is 63.5 Å². The third-order valence-electron chi connectivity index (χ3n) is 5.92. The van der Waals surface area contributed by atoms with Gasteiger partial charge in [0.25, 0.3) is 0 Å². The Balaban J connectivity index is 1.28. The number of thiophene rings is 1. The fraction of sp³-hybridized carbons (Fsp3) is 0.280. The molecule has 3 heterocycles. The summed E-state index contributed by atoms with van der Waals surface area (Å²) in [5.74, 6) is 0.365. The second-order valence-corrected chi connectivity index (χ2v) is 10.7. The summed E-state index contributed by atoms with van der Waals surface area (Å²) in [7, 11) is 0. The Morgan fingerprint density at radius 3 is 2.64 bits per heavy atom. The molecule has 1 aliphatic heterocycles. The molecular weight excluding hydrogens is 521 g/mol. The standard InChI is InChI=1S/C25H23BrFN3OS2/c1-32-19-6-7-20(22(27)12-19)21-14-33-24-23(21)28-15-29-25(24)31-18-8-10-30(11-9-18)13-16-2-4-17(26)5-3-16/h2-7,12,14-15,18H,8-11,13H2,1H3. The molecule has 1 saturated heterocycles. The smallest absolute Gasteiger partial charge is 0.235 e. The molecule has 0 aliphatic carbocycles. The average Bonchev–Trinajstić information content (AvgIpc) is 3.26. The largest absolute Gasteiger partial charge is 0.473 e.